The van der Waals surface area contributed by atoms with Crippen LogP contribution in [0.4, 0.5) is 0 Å². The summed E-state index contributed by atoms with van der Waals surface area (Å²) in [5, 5.41) is 0.748. The Hall–Kier alpha value is -4.39. The molecule has 0 atom stereocenters. The Labute approximate surface area is 212 Å². The van der Waals surface area contributed by atoms with Crippen molar-refractivity contribution >= 4 is 33.7 Å². The lowest BCUT2D eigenvalue weighted by Crippen LogP contribution is -2.26. The van der Waals surface area contributed by atoms with Crippen LogP contribution in [0.25, 0.3) is 33.7 Å². The van der Waals surface area contributed by atoms with E-state index in [9.17, 15) is 19.2 Å². The van der Waals surface area contributed by atoms with E-state index in [2.05, 4.69) is 11.9 Å². The minimum atomic E-state index is -0.455. The van der Waals surface area contributed by atoms with Gasteiger partial charge in [0.2, 0.25) is 0 Å². The van der Waals surface area contributed by atoms with Crippen molar-refractivity contribution < 1.29 is 0 Å². The zero-order chi connectivity index (χ0) is 25.9. The lowest BCUT2D eigenvalue weighted by Gasteiger charge is -2.02. The maximum absolute atomic E-state index is 13.1. The van der Waals surface area contributed by atoms with E-state index in [1.807, 2.05) is 54.6 Å². The van der Waals surface area contributed by atoms with Gasteiger partial charge in [0.05, 0.1) is 33.8 Å². The van der Waals surface area contributed by atoms with Crippen LogP contribution in [-0.2, 0) is 13.1 Å². The molecule has 0 radical (unpaired) electrons. The van der Waals surface area contributed by atoms with E-state index in [-0.39, 0.29) is 28.1 Å². The molecule has 3 heterocycles. The predicted octanol–water partition coefficient (Wildman–Crippen LogP) is 4.11. The van der Waals surface area contributed by atoms with Crippen molar-refractivity contribution in [3.8, 4) is 0 Å². The van der Waals surface area contributed by atoms with Crippen LogP contribution in [0.15, 0.2) is 80.0 Å². The van der Waals surface area contributed by atoms with Crippen molar-refractivity contribution in [3.63, 3.8) is 0 Å². The van der Waals surface area contributed by atoms with E-state index in [1.165, 1.54) is 16.7 Å². The molecule has 5 rings (SSSR count). The van der Waals surface area contributed by atoms with Gasteiger partial charge in [-0.1, -0.05) is 62.6 Å². The monoisotopic (exact) mass is 493 g/mol. The molecule has 7 heteroatoms. The van der Waals surface area contributed by atoms with Crippen molar-refractivity contribution in [1.82, 2.24) is 14.1 Å². The number of rotatable bonds is 9. The van der Waals surface area contributed by atoms with Gasteiger partial charge in [-0.25, -0.2) is 0 Å². The van der Waals surface area contributed by atoms with Crippen LogP contribution < -0.4 is 22.2 Å². The zero-order valence-electron chi connectivity index (χ0n) is 20.6. The van der Waals surface area contributed by atoms with Gasteiger partial charge in [-0.2, -0.15) is 0 Å². The van der Waals surface area contributed by atoms with Crippen molar-refractivity contribution in [1.29, 1.82) is 0 Å². The fourth-order valence-electron chi connectivity index (χ4n) is 4.69. The van der Waals surface area contributed by atoms with Crippen molar-refractivity contribution in [2.75, 3.05) is 0 Å². The van der Waals surface area contributed by atoms with Gasteiger partial charge in [0.1, 0.15) is 0 Å². The third-order valence-corrected chi connectivity index (χ3v) is 6.75. The molecule has 7 nitrogen and oxygen atoms in total. The highest BCUT2D eigenvalue weighted by molar-refractivity contribution is 5.97. The quantitative estimate of drug-likeness (QED) is 0.288. The molecule has 0 saturated heterocycles. The number of hydrogen-bond donors (Lipinski definition) is 0. The molecule has 0 saturated carbocycles. The predicted molar refractivity (Wildman–Crippen MR) is 148 cm³/mol. The molecule has 0 aliphatic rings. The number of fused-ring (bicyclic) bond motifs is 2. The summed E-state index contributed by atoms with van der Waals surface area (Å²) in [6.07, 6.45) is 9.36. The molecule has 186 valence electrons. The first-order chi connectivity index (χ1) is 18.0. The Balaban J connectivity index is 1.43. The van der Waals surface area contributed by atoms with Gasteiger partial charge in [0.25, 0.3) is 22.2 Å². The maximum Gasteiger partial charge on any atom is 0.261 e. The highest BCUT2D eigenvalue weighted by Crippen LogP contribution is 2.16. The first-order valence-corrected chi connectivity index (χ1v) is 12.6. The van der Waals surface area contributed by atoms with E-state index in [4.69, 9.17) is 0 Å². The topological polar surface area (TPSA) is 91.0 Å². The summed E-state index contributed by atoms with van der Waals surface area (Å²) in [6.45, 7) is 2.54. The molecule has 0 spiro atoms. The summed E-state index contributed by atoms with van der Waals surface area (Å²) in [5.74, 6) is 0. The summed E-state index contributed by atoms with van der Waals surface area (Å²) < 4.78 is 2.39. The summed E-state index contributed by atoms with van der Waals surface area (Å²) in [5.41, 5.74) is 0.903. The number of aromatic nitrogens is 3. The third-order valence-electron chi connectivity index (χ3n) is 6.75. The first-order valence-electron chi connectivity index (χ1n) is 12.6. The molecule has 5 aromatic rings. The smallest absolute Gasteiger partial charge is 0.261 e. The summed E-state index contributed by atoms with van der Waals surface area (Å²) in [4.78, 5) is 56.3. The standard InChI is InChI=1S/C30H27N3O4/c1-2-3-4-7-16-32-27(34)23-17-25-26(18-24(23)28(32)35)30(37)33(29(25)36)19-21-11-9-20(10-12-21)13-14-22-8-5-6-15-31-22/h5-6,8-15,17-18H,2-4,7,16,19H2,1H3/b14-13+. The molecule has 0 bridgehead atoms. The van der Waals surface area contributed by atoms with E-state index >= 15 is 0 Å². The van der Waals surface area contributed by atoms with Crippen LogP contribution in [0, 0.1) is 0 Å². The molecule has 0 aliphatic carbocycles. The van der Waals surface area contributed by atoms with Crippen LogP contribution in [0.5, 0.6) is 0 Å². The fraction of sp³-hybridized carbons (Fsp3) is 0.233. The Kier molecular flexibility index (Phi) is 6.77. The second-order valence-electron chi connectivity index (χ2n) is 9.29. The highest BCUT2D eigenvalue weighted by Gasteiger charge is 2.19. The minimum absolute atomic E-state index is 0.104. The number of hydrogen-bond acceptors (Lipinski definition) is 5. The van der Waals surface area contributed by atoms with Crippen LogP contribution in [0.1, 0.15) is 49.4 Å². The molecule has 0 N–H and O–H groups in total. The van der Waals surface area contributed by atoms with Crippen LogP contribution in [0.2, 0.25) is 0 Å². The van der Waals surface area contributed by atoms with Gasteiger partial charge in [-0.3, -0.25) is 33.3 Å². The first kappa shape index (κ1) is 24.3. The van der Waals surface area contributed by atoms with Gasteiger partial charge in [-0.05, 0) is 47.9 Å². The third kappa shape index (κ3) is 4.72. The summed E-state index contributed by atoms with van der Waals surface area (Å²) in [7, 11) is 0. The Morgan fingerprint density at radius 3 is 1.89 bits per heavy atom. The lowest BCUT2D eigenvalue weighted by molar-refractivity contribution is 0.568. The van der Waals surface area contributed by atoms with Crippen molar-refractivity contribution in [2.45, 2.75) is 45.7 Å². The molecule has 37 heavy (non-hydrogen) atoms. The van der Waals surface area contributed by atoms with Gasteiger partial charge >= 0.3 is 0 Å². The average Bonchev–Trinajstić information content (AvgIpc) is 3.30. The largest absolute Gasteiger partial charge is 0.274 e. The van der Waals surface area contributed by atoms with Gasteiger partial charge in [-0.15, -0.1) is 0 Å². The Bertz CT molecular complexity index is 1720. The van der Waals surface area contributed by atoms with Crippen LogP contribution in [-0.4, -0.2) is 14.1 Å². The SMILES string of the molecule is CCCCCCn1c(=O)c2cc3c(=O)n(Cc4ccc(/C=C/c5ccccn5)cc4)c(=O)c3cc2c1=O. The number of benzene rings is 2. The molecule has 0 aliphatic heterocycles. The zero-order valence-corrected chi connectivity index (χ0v) is 20.6. The van der Waals surface area contributed by atoms with E-state index in [0.29, 0.717) is 6.54 Å². The summed E-state index contributed by atoms with van der Waals surface area (Å²) in [6, 6.07) is 16.1. The molecular weight excluding hydrogens is 466 g/mol. The number of nitrogens with zero attached hydrogens (tertiary/aromatic N) is 3. The molecule has 0 amide bonds. The fourth-order valence-corrected chi connectivity index (χ4v) is 4.69. The molecule has 2 aromatic carbocycles. The van der Waals surface area contributed by atoms with E-state index in [0.717, 1.165) is 47.1 Å². The van der Waals surface area contributed by atoms with Crippen molar-refractivity contribution in [3.05, 3.63) is 119 Å². The molecule has 0 unspecified atom stereocenters. The Morgan fingerprint density at radius 1 is 0.703 bits per heavy atom. The molecular formula is C30H27N3O4. The van der Waals surface area contributed by atoms with Crippen LogP contribution in [0.3, 0.4) is 0 Å². The highest BCUT2D eigenvalue weighted by atomic mass is 16.2. The van der Waals surface area contributed by atoms with E-state index in [1.54, 1.807) is 6.20 Å². The molecule has 0 fully saturated rings. The number of pyridine rings is 1. The normalized spacial score (nSPS) is 11.8. The second kappa shape index (κ2) is 10.3. The summed E-state index contributed by atoms with van der Waals surface area (Å²) >= 11 is 0. The van der Waals surface area contributed by atoms with Crippen molar-refractivity contribution in [2.24, 2.45) is 0 Å². The minimum Gasteiger partial charge on any atom is -0.274 e. The maximum atomic E-state index is 13.1. The lowest BCUT2D eigenvalue weighted by atomic mass is 10.1. The molecule has 3 aromatic heterocycles. The average molecular weight is 494 g/mol. The number of unbranched alkanes of at least 4 members (excludes halogenated alkanes) is 3. The van der Waals surface area contributed by atoms with E-state index < -0.39 is 22.2 Å². The van der Waals surface area contributed by atoms with Gasteiger partial charge in [0, 0.05) is 12.7 Å². The van der Waals surface area contributed by atoms with Gasteiger partial charge < -0.3 is 0 Å². The van der Waals surface area contributed by atoms with Crippen LogP contribution >= 0.6 is 0 Å². The van der Waals surface area contributed by atoms with Gasteiger partial charge in [0.15, 0.2) is 0 Å². The Morgan fingerprint density at radius 2 is 1.32 bits per heavy atom. The second-order valence-corrected chi connectivity index (χ2v) is 9.29.